The largest absolute Gasteiger partial charge is 0.365 e. The summed E-state index contributed by atoms with van der Waals surface area (Å²) in [5.74, 6) is -0.493. The van der Waals surface area contributed by atoms with Crippen LogP contribution < -0.4 is 5.73 Å². The van der Waals surface area contributed by atoms with Crippen molar-refractivity contribution in [2.75, 3.05) is 0 Å². The lowest BCUT2D eigenvalue weighted by Crippen LogP contribution is -2.23. The first-order valence-electron chi connectivity index (χ1n) is 3.43. The van der Waals surface area contributed by atoms with Crippen molar-refractivity contribution in [2.45, 2.75) is 6.42 Å². The number of hydrogen-bond acceptors (Lipinski definition) is 4. The molecule has 1 aliphatic heterocycles. The number of nitrogens with two attached hydrogens (primary N) is 1. The molecule has 0 atom stereocenters. The number of nitrogens with zero attached hydrogens (tertiary/aromatic N) is 3. The van der Waals surface area contributed by atoms with Gasteiger partial charge in [-0.05, 0) is 0 Å². The van der Waals surface area contributed by atoms with Gasteiger partial charge in [0.1, 0.15) is 17.7 Å². The maximum Gasteiger partial charge on any atom is 0.263 e. The third-order valence-electron chi connectivity index (χ3n) is 1.65. The van der Waals surface area contributed by atoms with Crippen LogP contribution in [-0.4, -0.2) is 21.6 Å². The van der Waals surface area contributed by atoms with E-state index in [0.717, 1.165) is 5.69 Å². The molecule has 1 aromatic heterocycles. The van der Waals surface area contributed by atoms with Crippen molar-refractivity contribution >= 4 is 17.3 Å². The number of carbonyl (C=O) groups is 1. The average molecular weight is 162 g/mol. The van der Waals surface area contributed by atoms with Crippen LogP contribution in [0.25, 0.3) is 0 Å². The minimum Gasteiger partial charge on any atom is -0.365 e. The third-order valence-corrected chi connectivity index (χ3v) is 1.65. The van der Waals surface area contributed by atoms with Crippen LogP contribution in [0.2, 0.25) is 0 Å². The third kappa shape index (κ3) is 0.952. The molecule has 0 aromatic carbocycles. The Morgan fingerprint density at radius 1 is 1.58 bits per heavy atom. The van der Waals surface area contributed by atoms with Gasteiger partial charge in [-0.2, -0.15) is 0 Å². The van der Waals surface area contributed by atoms with Gasteiger partial charge in [0, 0.05) is 6.42 Å². The molecule has 2 heterocycles. The maximum atomic E-state index is 10.7. The molecule has 2 rings (SSSR count). The molecule has 0 spiro atoms. The summed E-state index contributed by atoms with van der Waals surface area (Å²) < 4.78 is 0. The molecular formula is C7H6N4O. The van der Waals surface area contributed by atoms with Crippen molar-refractivity contribution in [1.82, 2.24) is 9.97 Å². The summed E-state index contributed by atoms with van der Waals surface area (Å²) in [6, 6.07) is 0. The van der Waals surface area contributed by atoms with E-state index in [9.17, 15) is 4.79 Å². The van der Waals surface area contributed by atoms with Crippen LogP contribution in [0, 0.1) is 0 Å². The van der Waals surface area contributed by atoms with Gasteiger partial charge < -0.3 is 5.73 Å². The molecule has 5 nitrogen and oxygen atoms in total. The second-order valence-corrected chi connectivity index (χ2v) is 2.45. The van der Waals surface area contributed by atoms with E-state index in [1.165, 1.54) is 6.33 Å². The zero-order valence-electron chi connectivity index (χ0n) is 6.19. The van der Waals surface area contributed by atoms with Gasteiger partial charge in [-0.3, -0.25) is 4.79 Å². The van der Waals surface area contributed by atoms with Gasteiger partial charge in [-0.25, -0.2) is 15.0 Å². The first-order chi connectivity index (χ1) is 5.77. The average Bonchev–Trinajstić information content (AvgIpc) is 2.46. The second-order valence-electron chi connectivity index (χ2n) is 2.45. The van der Waals surface area contributed by atoms with Crippen molar-refractivity contribution in [2.24, 2.45) is 10.7 Å². The first kappa shape index (κ1) is 6.90. The molecule has 0 aliphatic carbocycles. The lowest BCUT2D eigenvalue weighted by atomic mass is 10.2. The number of aromatic nitrogens is 2. The Balaban J connectivity index is 2.41. The molecule has 0 unspecified atom stereocenters. The minimum absolute atomic E-state index is 0.352. The van der Waals surface area contributed by atoms with Crippen LogP contribution >= 0.6 is 0 Å². The van der Waals surface area contributed by atoms with Crippen molar-refractivity contribution in [1.29, 1.82) is 0 Å². The van der Waals surface area contributed by atoms with E-state index in [1.54, 1.807) is 6.20 Å². The highest BCUT2D eigenvalue weighted by Crippen LogP contribution is 2.22. The highest BCUT2D eigenvalue weighted by atomic mass is 16.1. The smallest absolute Gasteiger partial charge is 0.263 e. The van der Waals surface area contributed by atoms with Gasteiger partial charge >= 0.3 is 0 Å². The van der Waals surface area contributed by atoms with Gasteiger partial charge in [0.05, 0.1) is 11.9 Å². The molecule has 0 bridgehead atoms. The SMILES string of the molecule is NC(=O)C1=Nc2cncnc2C1. The molecule has 0 fully saturated rings. The van der Waals surface area contributed by atoms with E-state index in [2.05, 4.69) is 15.0 Å². The molecule has 2 N–H and O–H groups in total. The van der Waals surface area contributed by atoms with Gasteiger partial charge in [0.25, 0.3) is 5.91 Å². The Morgan fingerprint density at radius 2 is 2.42 bits per heavy atom. The fraction of sp³-hybridized carbons (Fsp3) is 0.143. The molecule has 0 saturated carbocycles. The van der Waals surface area contributed by atoms with Crippen molar-refractivity contribution < 1.29 is 4.79 Å². The van der Waals surface area contributed by atoms with E-state index in [0.29, 0.717) is 17.8 Å². The van der Waals surface area contributed by atoms with Crippen LogP contribution in [-0.2, 0) is 11.2 Å². The van der Waals surface area contributed by atoms with Crippen molar-refractivity contribution in [3.05, 3.63) is 18.2 Å². The van der Waals surface area contributed by atoms with Crippen LogP contribution in [0.4, 0.5) is 5.69 Å². The summed E-state index contributed by atoms with van der Waals surface area (Å²) in [5, 5.41) is 0. The van der Waals surface area contributed by atoms with E-state index in [-0.39, 0.29) is 0 Å². The quantitative estimate of drug-likeness (QED) is 0.609. The molecule has 1 aliphatic rings. The highest BCUT2D eigenvalue weighted by Gasteiger charge is 2.18. The second kappa shape index (κ2) is 2.37. The number of fused-ring (bicyclic) bond motifs is 1. The van der Waals surface area contributed by atoms with Gasteiger partial charge in [-0.15, -0.1) is 0 Å². The number of rotatable bonds is 1. The Hall–Kier alpha value is -1.78. The summed E-state index contributed by atoms with van der Waals surface area (Å²) >= 11 is 0. The Labute approximate surface area is 68.4 Å². The number of primary amides is 1. The molecule has 0 radical (unpaired) electrons. The molecule has 0 saturated heterocycles. The Morgan fingerprint density at radius 3 is 3.08 bits per heavy atom. The fourth-order valence-corrected chi connectivity index (χ4v) is 1.06. The lowest BCUT2D eigenvalue weighted by molar-refractivity contribution is -0.112. The minimum atomic E-state index is -0.493. The van der Waals surface area contributed by atoms with Gasteiger partial charge in [0.15, 0.2) is 0 Å². The summed E-state index contributed by atoms with van der Waals surface area (Å²) in [6.45, 7) is 0. The maximum absolute atomic E-state index is 10.7. The summed E-state index contributed by atoms with van der Waals surface area (Å²) in [7, 11) is 0. The zero-order valence-corrected chi connectivity index (χ0v) is 6.19. The summed E-state index contributed by atoms with van der Waals surface area (Å²) in [6.07, 6.45) is 3.42. The van der Waals surface area contributed by atoms with Crippen LogP contribution in [0.3, 0.4) is 0 Å². The van der Waals surface area contributed by atoms with Crippen LogP contribution in [0.15, 0.2) is 17.5 Å². The zero-order chi connectivity index (χ0) is 8.55. The van der Waals surface area contributed by atoms with E-state index in [1.807, 2.05) is 0 Å². The highest BCUT2D eigenvalue weighted by molar-refractivity contribution is 6.40. The first-order valence-corrected chi connectivity index (χ1v) is 3.43. The topological polar surface area (TPSA) is 81.2 Å². The predicted molar refractivity (Wildman–Crippen MR) is 42.0 cm³/mol. The van der Waals surface area contributed by atoms with Crippen molar-refractivity contribution in [3.63, 3.8) is 0 Å². The van der Waals surface area contributed by atoms with E-state index >= 15 is 0 Å². The monoisotopic (exact) mass is 162 g/mol. The number of hydrogen-bond donors (Lipinski definition) is 1. The predicted octanol–water partition coefficient (Wildman–Crippen LogP) is -0.410. The lowest BCUT2D eigenvalue weighted by Gasteiger charge is -1.90. The number of carbonyl (C=O) groups excluding carboxylic acids is 1. The number of aliphatic imine (C=N–C) groups is 1. The number of amides is 1. The summed E-state index contributed by atoms with van der Waals surface area (Å²) in [5.41, 5.74) is 6.82. The van der Waals surface area contributed by atoms with Gasteiger partial charge in [0.2, 0.25) is 0 Å². The Kier molecular flexibility index (Phi) is 1.36. The Bertz CT molecular complexity index is 371. The molecule has 12 heavy (non-hydrogen) atoms. The van der Waals surface area contributed by atoms with E-state index < -0.39 is 5.91 Å². The molecule has 1 aromatic rings. The molecule has 1 amide bonds. The van der Waals surface area contributed by atoms with Crippen LogP contribution in [0.1, 0.15) is 5.69 Å². The fourth-order valence-electron chi connectivity index (χ4n) is 1.06. The summed E-state index contributed by atoms with van der Waals surface area (Å²) in [4.78, 5) is 22.4. The van der Waals surface area contributed by atoms with Crippen LogP contribution in [0.5, 0.6) is 0 Å². The molecular weight excluding hydrogens is 156 g/mol. The molecule has 60 valence electrons. The van der Waals surface area contributed by atoms with Gasteiger partial charge in [-0.1, -0.05) is 0 Å². The normalized spacial score (nSPS) is 13.8. The van der Waals surface area contributed by atoms with E-state index in [4.69, 9.17) is 5.73 Å². The standard InChI is InChI=1S/C7H6N4O/c8-7(12)5-1-4-6(11-5)2-9-3-10-4/h2-3H,1H2,(H2,8,12). The van der Waals surface area contributed by atoms with Crippen molar-refractivity contribution in [3.8, 4) is 0 Å². The molecule has 5 heteroatoms.